The summed E-state index contributed by atoms with van der Waals surface area (Å²) in [5.74, 6) is -0.594. The molecule has 2 aromatic carbocycles. The van der Waals surface area contributed by atoms with Gasteiger partial charge in [-0.1, -0.05) is 30.3 Å². The largest absolute Gasteiger partial charge is 0.360 e. The predicted octanol–water partition coefficient (Wildman–Crippen LogP) is 4.44. The highest BCUT2D eigenvalue weighted by Gasteiger charge is 2.41. The van der Waals surface area contributed by atoms with Gasteiger partial charge in [0, 0.05) is 17.5 Å². The standard InChI is InChI=1S/C22H18N2O4S2/c1-15(25)17-7-9-18(10-8-17)23-13-20-21(26)22-19(11-12-29-22)24(30(20,27)28)14-16-5-3-2-4-6-16/h2-13,23H,14H2,1H3/b20-13+. The van der Waals surface area contributed by atoms with Gasteiger partial charge in [0.25, 0.3) is 10.0 Å². The number of anilines is 2. The van der Waals surface area contributed by atoms with E-state index >= 15 is 0 Å². The minimum absolute atomic E-state index is 0.0632. The van der Waals surface area contributed by atoms with Gasteiger partial charge < -0.3 is 5.32 Å². The number of ketones is 2. The third-order valence-corrected chi connectivity index (χ3v) is 7.41. The molecule has 1 N–H and O–H groups in total. The van der Waals surface area contributed by atoms with Gasteiger partial charge >= 0.3 is 0 Å². The molecule has 1 aliphatic heterocycles. The Bertz CT molecular complexity index is 1240. The molecule has 2 heterocycles. The molecule has 0 saturated heterocycles. The monoisotopic (exact) mass is 438 g/mol. The fourth-order valence-corrected chi connectivity index (χ4v) is 5.64. The molecule has 0 bridgehead atoms. The lowest BCUT2D eigenvalue weighted by molar-refractivity contribution is 0.101. The van der Waals surface area contributed by atoms with Gasteiger partial charge in [-0.2, -0.15) is 0 Å². The van der Waals surface area contributed by atoms with Crippen LogP contribution in [0.3, 0.4) is 0 Å². The van der Waals surface area contributed by atoms with Crippen LogP contribution in [0.2, 0.25) is 0 Å². The van der Waals surface area contributed by atoms with E-state index in [0.29, 0.717) is 21.8 Å². The van der Waals surface area contributed by atoms with E-state index in [1.807, 2.05) is 30.3 Å². The molecular formula is C22H18N2O4S2. The van der Waals surface area contributed by atoms with Crippen molar-refractivity contribution in [3.8, 4) is 0 Å². The van der Waals surface area contributed by atoms with Crippen molar-refractivity contribution < 1.29 is 18.0 Å². The summed E-state index contributed by atoms with van der Waals surface area (Å²) < 4.78 is 27.9. The first-order valence-corrected chi connectivity index (χ1v) is 11.5. The Morgan fingerprint density at radius 2 is 1.77 bits per heavy atom. The Morgan fingerprint density at radius 3 is 2.43 bits per heavy atom. The van der Waals surface area contributed by atoms with E-state index in [2.05, 4.69) is 5.32 Å². The van der Waals surface area contributed by atoms with Crippen LogP contribution in [-0.4, -0.2) is 20.0 Å². The number of rotatable bonds is 5. The van der Waals surface area contributed by atoms with Crippen LogP contribution in [0.25, 0.3) is 0 Å². The fourth-order valence-electron chi connectivity index (χ4n) is 3.16. The van der Waals surface area contributed by atoms with Crippen molar-refractivity contribution in [2.45, 2.75) is 13.5 Å². The molecule has 0 atom stereocenters. The quantitative estimate of drug-likeness (QED) is 0.470. The van der Waals surface area contributed by atoms with E-state index in [9.17, 15) is 18.0 Å². The Balaban J connectivity index is 1.70. The van der Waals surface area contributed by atoms with Crippen molar-refractivity contribution in [1.82, 2.24) is 0 Å². The molecule has 0 fully saturated rings. The molecule has 3 aromatic rings. The summed E-state index contributed by atoms with van der Waals surface area (Å²) in [4.78, 5) is 24.4. The van der Waals surface area contributed by atoms with Crippen LogP contribution in [0.5, 0.6) is 0 Å². The van der Waals surface area contributed by atoms with E-state index in [4.69, 9.17) is 0 Å². The molecule has 6 nitrogen and oxygen atoms in total. The van der Waals surface area contributed by atoms with Crippen molar-refractivity contribution in [3.05, 3.63) is 93.2 Å². The molecule has 0 radical (unpaired) electrons. The maximum absolute atomic E-state index is 13.3. The minimum Gasteiger partial charge on any atom is -0.360 e. The zero-order valence-corrected chi connectivity index (χ0v) is 17.7. The molecule has 1 aliphatic rings. The van der Waals surface area contributed by atoms with Crippen molar-refractivity contribution in [3.63, 3.8) is 0 Å². The summed E-state index contributed by atoms with van der Waals surface area (Å²) in [5.41, 5.74) is 2.34. The Morgan fingerprint density at radius 1 is 1.07 bits per heavy atom. The highest BCUT2D eigenvalue weighted by atomic mass is 32.2. The average Bonchev–Trinajstić information content (AvgIpc) is 3.22. The molecule has 8 heteroatoms. The second kappa shape index (κ2) is 7.89. The first-order valence-electron chi connectivity index (χ1n) is 9.14. The van der Waals surface area contributed by atoms with E-state index in [1.54, 1.807) is 35.7 Å². The molecule has 0 amide bonds. The number of allylic oxidation sites excluding steroid dienone is 1. The van der Waals surface area contributed by atoms with Gasteiger partial charge in [-0.3, -0.25) is 13.9 Å². The summed E-state index contributed by atoms with van der Waals surface area (Å²) in [7, 11) is -4.05. The number of hydrogen-bond acceptors (Lipinski definition) is 6. The van der Waals surface area contributed by atoms with Crippen LogP contribution in [0, 0.1) is 0 Å². The number of hydrogen-bond donors (Lipinski definition) is 1. The third-order valence-electron chi connectivity index (χ3n) is 4.74. The zero-order valence-electron chi connectivity index (χ0n) is 16.0. The van der Waals surface area contributed by atoms with Crippen LogP contribution in [0.15, 0.2) is 77.1 Å². The smallest absolute Gasteiger partial charge is 0.270 e. The van der Waals surface area contributed by atoms with Crippen LogP contribution in [-0.2, 0) is 16.6 Å². The second-order valence-electron chi connectivity index (χ2n) is 6.75. The normalized spacial score (nSPS) is 16.4. The maximum Gasteiger partial charge on any atom is 0.270 e. The summed E-state index contributed by atoms with van der Waals surface area (Å²) in [6.45, 7) is 1.60. The third kappa shape index (κ3) is 3.67. The van der Waals surface area contributed by atoms with Crippen LogP contribution in [0.4, 0.5) is 11.4 Å². The zero-order chi connectivity index (χ0) is 21.3. The lowest BCUT2D eigenvalue weighted by Crippen LogP contribution is -2.38. The second-order valence-corrected chi connectivity index (χ2v) is 9.49. The van der Waals surface area contributed by atoms with E-state index in [1.165, 1.54) is 28.8 Å². The predicted molar refractivity (Wildman–Crippen MR) is 118 cm³/mol. The summed E-state index contributed by atoms with van der Waals surface area (Å²) in [5, 5.41) is 4.59. The van der Waals surface area contributed by atoms with E-state index in [0.717, 1.165) is 5.56 Å². The highest BCUT2D eigenvalue weighted by molar-refractivity contribution is 7.97. The first-order chi connectivity index (χ1) is 14.4. The number of carbonyl (C=O) groups excluding carboxylic acids is 2. The fraction of sp³-hybridized carbons (Fsp3) is 0.0909. The topological polar surface area (TPSA) is 83.6 Å². The first kappa shape index (κ1) is 20.1. The van der Waals surface area contributed by atoms with Gasteiger partial charge in [-0.15, -0.1) is 11.3 Å². The molecular weight excluding hydrogens is 420 g/mol. The molecule has 0 saturated carbocycles. The van der Waals surface area contributed by atoms with Crippen molar-refractivity contribution in [1.29, 1.82) is 0 Å². The summed E-state index contributed by atoms with van der Waals surface area (Å²) >= 11 is 1.22. The van der Waals surface area contributed by atoms with Crippen molar-refractivity contribution >= 4 is 44.3 Å². The minimum atomic E-state index is -4.05. The van der Waals surface area contributed by atoms with Gasteiger partial charge in [0.1, 0.15) is 4.88 Å². The van der Waals surface area contributed by atoms with E-state index in [-0.39, 0.29) is 17.2 Å². The Hall–Kier alpha value is -3.23. The van der Waals surface area contributed by atoms with Gasteiger partial charge in [-0.25, -0.2) is 8.42 Å². The van der Waals surface area contributed by atoms with Gasteiger partial charge in [-0.05, 0) is 48.2 Å². The summed E-state index contributed by atoms with van der Waals surface area (Å²) in [6.07, 6.45) is 1.22. The lowest BCUT2D eigenvalue weighted by atomic mass is 10.1. The average molecular weight is 439 g/mol. The Kier molecular flexibility index (Phi) is 5.27. The number of benzene rings is 2. The van der Waals surface area contributed by atoms with Gasteiger partial charge in [0.15, 0.2) is 10.7 Å². The molecule has 1 aromatic heterocycles. The lowest BCUT2D eigenvalue weighted by Gasteiger charge is -2.29. The van der Waals surface area contributed by atoms with Crippen LogP contribution >= 0.6 is 11.3 Å². The number of thiophene rings is 1. The summed E-state index contributed by atoms with van der Waals surface area (Å²) in [6, 6.07) is 17.5. The molecule has 0 unspecified atom stereocenters. The molecule has 0 aliphatic carbocycles. The number of Topliss-reactive ketones (excluding diaryl/α,β-unsaturated/α-hetero) is 2. The van der Waals surface area contributed by atoms with Crippen molar-refractivity contribution in [2.24, 2.45) is 0 Å². The molecule has 152 valence electrons. The van der Waals surface area contributed by atoms with Gasteiger partial charge in [0.05, 0.1) is 12.2 Å². The van der Waals surface area contributed by atoms with E-state index < -0.39 is 15.8 Å². The molecule has 30 heavy (non-hydrogen) atoms. The van der Waals surface area contributed by atoms with Gasteiger partial charge in [0.2, 0.25) is 5.78 Å². The highest BCUT2D eigenvalue weighted by Crippen LogP contribution is 2.39. The number of fused-ring (bicyclic) bond motifs is 1. The maximum atomic E-state index is 13.3. The molecule has 4 rings (SSSR count). The number of sulfonamides is 1. The van der Waals surface area contributed by atoms with Crippen LogP contribution < -0.4 is 9.62 Å². The van der Waals surface area contributed by atoms with Crippen LogP contribution in [0.1, 0.15) is 32.5 Å². The number of nitrogens with one attached hydrogen (secondary N) is 1. The SMILES string of the molecule is CC(=O)c1ccc(N/C=C2\C(=O)c3sccc3N(Cc3ccccc3)S2(=O)=O)cc1. The number of nitrogens with zero attached hydrogens (tertiary/aromatic N) is 1. The molecule has 0 spiro atoms. The number of carbonyl (C=O) groups is 2. The Labute approximate surface area is 178 Å². The van der Waals surface area contributed by atoms with Crippen molar-refractivity contribution in [2.75, 3.05) is 9.62 Å².